The first-order valence-electron chi connectivity index (χ1n) is 5.98. The first-order chi connectivity index (χ1) is 9.13. The van der Waals surface area contributed by atoms with E-state index in [1.165, 1.54) is 10.4 Å². The highest BCUT2D eigenvalue weighted by atomic mass is 79.9. The smallest absolute Gasteiger partial charge is 0.0843 e. The molecular formula is C13H15Br2N3S. The Morgan fingerprint density at radius 2 is 2.21 bits per heavy atom. The Balaban J connectivity index is 2.13. The molecule has 2 aromatic heterocycles. The van der Waals surface area contributed by atoms with E-state index >= 15 is 0 Å². The van der Waals surface area contributed by atoms with E-state index in [-0.39, 0.29) is 6.04 Å². The van der Waals surface area contributed by atoms with Gasteiger partial charge in [0.1, 0.15) is 0 Å². The van der Waals surface area contributed by atoms with E-state index in [1.807, 2.05) is 6.20 Å². The number of thiophene rings is 1. The van der Waals surface area contributed by atoms with Gasteiger partial charge in [0.05, 0.1) is 9.83 Å². The molecule has 0 aliphatic heterocycles. The lowest BCUT2D eigenvalue weighted by Gasteiger charge is -2.13. The summed E-state index contributed by atoms with van der Waals surface area (Å²) in [6.07, 6.45) is 3.72. The van der Waals surface area contributed by atoms with E-state index < -0.39 is 0 Å². The lowest BCUT2D eigenvalue weighted by atomic mass is 10.1. The van der Waals surface area contributed by atoms with Crippen LogP contribution in [0.3, 0.4) is 0 Å². The number of pyridine rings is 1. The fourth-order valence-corrected chi connectivity index (χ4v) is 3.92. The van der Waals surface area contributed by atoms with Gasteiger partial charge in [-0.1, -0.05) is 13.0 Å². The van der Waals surface area contributed by atoms with Crippen LogP contribution in [0.5, 0.6) is 0 Å². The summed E-state index contributed by atoms with van der Waals surface area (Å²) in [6.45, 7) is 2.13. The van der Waals surface area contributed by atoms with Gasteiger partial charge in [-0.3, -0.25) is 16.3 Å². The molecule has 0 radical (unpaired) electrons. The first-order valence-corrected chi connectivity index (χ1v) is 8.39. The van der Waals surface area contributed by atoms with Crippen LogP contribution in [0.1, 0.15) is 29.1 Å². The van der Waals surface area contributed by atoms with Crippen molar-refractivity contribution in [3.8, 4) is 0 Å². The van der Waals surface area contributed by atoms with Crippen LogP contribution >= 0.6 is 43.2 Å². The molecule has 0 saturated carbocycles. The fraction of sp³-hybridized carbons (Fsp3) is 0.308. The number of rotatable bonds is 5. The Kier molecular flexibility index (Phi) is 5.53. The Morgan fingerprint density at radius 1 is 1.42 bits per heavy atom. The molecule has 0 aliphatic rings. The molecule has 0 amide bonds. The Morgan fingerprint density at radius 3 is 2.68 bits per heavy atom. The maximum atomic E-state index is 5.67. The second kappa shape index (κ2) is 6.95. The van der Waals surface area contributed by atoms with Crippen LogP contribution in [0.15, 0.2) is 32.7 Å². The minimum atomic E-state index is 0.0765. The molecule has 0 aromatic carbocycles. The molecular weight excluding hydrogens is 390 g/mol. The third-order valence-electron chi connectivity index (χ3n) is 2.92. The summed E-state index contributed by atoms with van der Waals surface area (Å²) in [6, 6.07) is 6.35. The van der Waals surface area contributed by atoms with Crippen LogP contribution in [0.25, 0.3) is 0 Å². The first kappa shape index (κ1) is 15.1. The van der Waals surface area contributed by atoms with Crippen molar-refractivity contribution < 1.29 is 0 Å². The van der Waals surface area contributed by atoms with Crippen LogP contribution in [0, 0.1) is 0 Å². The molecule has 0 fully saturated rings. The fourth-order valence-electron chi connectivity index (χ4n) is 1.77. The number of aryl methyl sites for hydroxylation is 1. The Labute approximate surface area is 133 Å². The molecule has 2 heterocycles. The van der Waals surface area contributed by atoms with Gasteiger partial charge in [0.25, 0.3) is 0 Å². The van der Waals surface area contributed by atoms with Crippen LogP contribution in [0.4, 0.5) is 0 Å². The third-order valence-corrected chi connectivity index (χ3v) is 6.29. The number of nitrogens with one attached hydrogen (secondary N) is 1. The van der Waals surface area contributed by atoms with Crippen molar-refractivity contribution in [1.29, 1.82) is 0 Å². The second-order valence-electron chi connectivity index (χ2n) is 4.21. The average molecular weight is 405 g/mol. The molecule has 0 aliphatic carbocycles. The predicted molar refractivity (Wildman–Crippen MR) is 87.1 cm³/mol. The third kappa shape index (κ3) is 3.86. The summed E-state index contributed by atoms with van der Waals surface area (Å²) in [5.74, 6) is 5.67. The predicted octanol–water partition coefficient (Wildman–Crippen LogP) is 3.98. The van der Waals surface area contributed by atoms with E-state index in [9.17, 15) is 0 Å². The highest BCUT2D eigenvalue weighted by Crippen LogP contribution is 2.36. The summed E-state index contributed by atoms with van der Waals surface area (Å²) < 4.78 is 2.14. The van der Waals surface area contributed by atoms with Crippen molar-refractivity contribution in [3.05, 3.63) is 48.8 Å². The van der Waals surface area contributed by atoms with Gasteiger partial charge >= 0.3 is 0 Å². The number of hydrogen-bond donors (Lipinski definition) is 2. The van der Waals surface area contributed by atoms with Crippen LogP contribution < -0.4 is 11.3 Å². The molecule has 0 spiro atoms. The molecule has 102 valence electrons. The normalized spacial score (nSPS) is 12.6. The van der Waals surface area contributed by atoms with Gasteiger partial charge in [0.2, 0.25) is 0 Å². The highest BCUT2D eigenvalue weighted by Gasteiger charge is 2.15. The van der Waals surface area contributed by atoms with Gasteiger partial charge in [-0.25, -0.2) is 0 Å². The topological polar surface area (TPSA) is 50.9 Å². The van der Waals surface area contributed by atoms with Gasteiger partial charge in [-0.05, 0) is 56.0 Å². The minimum Gasteiger partial charge on any atom is -0.271 e. The molecule has 1 atom stereocenters. The average Bonchev–Trinajstić information content (AvgIpc) is 2.76. The zero-order valence-electron chi connectivity index (χ0n) is 10.5. The van der Waals surface area contributed by atoms with Crippen molar-refractivity contribution in [2.45, 2.75) is 25.8 Å². The second-order valence-corrected chi connectivity index (χ2v) is 7.46. The summed E-state index contributed by atoms with van der Waals surface area (Å²) in [5.41, 5.74) is 5.16. The molecule has 19 heavy (non-hydrogen) atoms. The van der Waals surface area contributed by atoms with E-state index in [4.69, 9.17) is 5.84 Å². The zero-order valence-corrected chi connectivity index (χ0v) is 14.5. The standard InChI is InChI=1S/C13H15Br2N3S/c1-2-8-3-4-9(17-7-8)5-11(18-16)12-6-10(14)13(15)19-12/h3-4,6-7,11,18H,2,5,16H2,1H3. The van der Waals surface area contributed by atoms with E-state index in [0.717, 1.165) is 26.8 Å². The lowest BCUT2D eigenvalue weighted by molar-refractivity contribution is 0.554. The molecule has 6 heteroatoms. The van der Waals surface area contributed by atoms with E-state index in [2.05, 4.69) is 67.4 Å². The van der Waals surface area contributed by atoms with Crippen molar-refractivity contribution in [2.75, 3.05) is 0 Å². The van der Waals surface area contributed by atoms with Crippen LogP contribution in [-0.2, 0) is 12.8 Å². The number of halogens is 2. The van der Waals surface area contributed by atoms with Gasteiger partial charge in [0.15, 0.2) is 0 Å². The van der Waals surface area contributed by atoms with Gasteiger partial charge in [0, 0.05) is 27.7 Å². The van der Waals surface area contributed by atoms with Crippen molar-refractivity contribution >= 4 is 43.2 Å². The van der Waals surface area contributed by atoms with Crippen molar-refractivity contribution in [1.82, 2.24) is 10.4 Å². The number of hydrazine groups is 1. The van der Waals surface area contributed by atoms with E-state index in [0.29, 0.717) is 0 Å². The van der Waals surface area contributed by atoms with E-state index in [1.54, 1.807) is 11.3 Å². The number of aromatic nitrogens is 1. The highest BCUT2D eigenvalue weighted by molar-refractivity contribution is 9.13. The molecule has 0 bridgehead atoms. The summed E-state index contributed by atoms with van der Waals surface area (Å²) in [7, 11) is 0. The minimum absolute atomic E-state index is 0.0765. The van der Waals surface area contributed by atoms with Crippen LogP contribution in [0.2, 0.25) is 0 Å². The maximum absolute atomic E-state index is 5.67. The van der Waals surface area contributed by atoms with Gasteiger partial charge < -0.3 is 0 Å². The number of nitrogens with two attached hydrogens (primary N) is 1. The molecule has 1 unspecified atom stereocenters. The maximum Gasteiger partial charge on any atom is 0.0843 e. The van der Waals surface area contributed by atoms with Crippen molar-refractivity contribution in [2.24, 2.45) is 5.84 Å². The van der Waals surface area contributed by atoms with Crippen LogP contribution in [-0.4, -0.2) is 4.98 Å². The van der Waals surface area contributed by atoms with Gasteiger partial charge in [-0.2, -0.15) is 0 Å². The molecule has 0 saturated heterocycles. The SMILES string of the molecule is CCc1ccc(CC(NN)c2cc(Br)c(Br)s2)nc1. The Bertz CT molecular complexity index is 520. The van der Waals surface area contributed by atoms with Gasteiger partial charge in [-0.15, -0.1) is 11.3 Å². The molecule has 2 rings (SSSR count). The monoisotopic (exact) mass is 403 g/mol. The summed E-state index contributed by atoms with van der Waals surface area (Å²) in [5, 5.41) is 0. The largest absolute Gasteiger partial charge is 0.271 e. The molecule has 2 aromatic rings. The van der Waals surface area contributed by atoms with Crippen molar-refractivity contribution in [3.63, 3.8) is 0 Å². The summed E-state index contributed by atoms with van der Waals surface area (Å²) in [4.78, 5) is 5.66. The number of hydrogen-bond acceptors (Lipinski definition) is 4. The lowest BCUT2D eigenvalue weighted by Crippen LogP contribution is -2.29. The Hall–Kier alpha value is -0.270. The summed E-state index contributed by atoms with van der Waals surface area (Å²) >= 11 is 8.68. The molecule has 3 nitrogen and oxygen atoms in total. The number of nitrogens with zero attached hydrogens (tertiary/aromatic N) is 1. The molecule has 3 N–H and O–H groups in total. The zero-order chi connectivity index (χ0) is 13.8. The quantitative estimate of drug-likeness (QED) is 0.585.